The number of fused-ring (bicyclic) bond motifs is 1. The molecule has 0 aliphatic carbocycles. The van der Waals surface area contributed by atoms with Gasteiger partial charge in [0.05, 0.1) is 0 Å². The van der Waals surface area contributed by atoms with Crippen molar-refractivity contribution < 1.29 is 4.79 Å². The monoisotopic (exact) mass is 216 g/mol. The zero-order chi connectivity index (χ0) is 11.0. The first kappa shape index (κ1) is 9.85. The van der Waals surface area contributed by atoms with Gasteiger partial charge in [-0.15, -0.1) is 0 Å². The van der Waals surface area contributed by atoms with E-state index in [9.17, 15) is 4.79 Å². The summed E-state index contributed by atoms with van der Waals surface area (Å²) in [7, 11) is 0. The fraction of sp³-hybridized carbons (Fsp3) is 0.462. The molecule has 84 valence electrons. The third kappa shape index (κ3) is 1.28. The Morgan fingerprint density at radius 3 is 2.88 bits per heavy atom. The van der Waals surface area contributed by atoms with Crippen LogP contribution in [0.2, 0.25) is 0 Å². The minimum Gasteiger partial charge on any atom is -0.320 e. The van der Waals surface area contributed by atoms with Gasteiger partial charge >= 0.3 is 0 Å². The van der Waals surface area contributed by atoms with Crippen LogP contribution in [0.3, 0.4) is 0 Å². The van der Waals surface area contributed by atoms with Gasteiger partial charge in [-0.3, -0.25) is 10.1 Å². The predicted octanol–water partition coefficient (Wildman–Crippen LogP) is 1.46. The van der Waals surface area contributed by atoms with E-state index in [0.717, 1.165) is 25.9 Å². The summed E-state index contributed by atoms with van der Waals surface area (Å²) in [6, 6.07) is 10.3. The maximum absolute atomic E-state index is 11.9. The molecule has 3 rings (SSSR count). The van der Waals surface area contributed by atoms with Crippen molar-refractivity contribution in [1.29, 1.82) is 0 Å². The Balaban J connectivity index is 2.04. The molecule has 0 aromatic heterocycles. The SMILES string of the molecule is O=C1CC[C@@]2(c3ccccc3)NCCCN12. The molecule has 0 unspecified atom stereocenters. The van der Waals surface area contributed by atoms with Gasteiger partial charge in [-0.2, -0.15) is 0 Å². The smallest absolute Gasteiger partial charge is 0.224 e. The molecule has 2 heterocycles. The molecule has 1 aromatic rings. The molecule has 2 fully saturated rings. The summed E-state index contributed by atoms with van der Waals surface area (Å²) in [6.07, 6.45) is 2.62. The fourth-order valence-corrected chi connectivity index (χ4v) is 2.92. The van der Waals surface area contributed by atoms with Gasteiger partial charge in [-0.1, -0.05) is 30.3 Å². The molecule has 0 saturated carbocycles. The summed E-state index contributed by atoms with van der Waals surface area (Å²) in [5.74, 6) is 0.288. The first-order valence-electron chi connectivity index (χ1n) is 5.94. The third-order valence-electron chi connectivity index (χ3n) is 3.69. The topological polar surface area (TPSA) is 32.3 Å². The summed E-state index contributed by atoms with van der Waals surface area (Å²) in [5.41, 5.74) is 1.01. The Morgan fingerprint density at radius 2 is 2.06 bits per heavy atom. The van der Waals surface area contributed by atoms with Gasteiger partial charge in [0.1, 0.15) is 5.66 Å². The highest BCUT2D eigenvalue weighted by Gasteiger charge is 2.47. The second-order valence-corrected chi connectivity index (χ2v) is 4.55. The van der Waals surface area contributed by atoms with Crippen LogP contribution in [0.15, 0.2) is 30.3 Å². The van der Waals surface area contributed by atoms with Crippen molar-refractivity contribution in [2.24, 2.45) is 0 Å². The zero-order valence-electron chi connectivity index (χ0n) is 9.28. The van der Waals surface area contributed by atoms with E-state index in [4.69, 9.17) is 0 Å². The number of nitrogens with one attached hydrogen (secondary N) is 1. The van der Waals surface area contributed by atoms with Crippen LogP contribution in [-0.4, -0.2) is 23.9 Å². The van der Waals surface area contributed by atoms with Crippen LogP contribution in [0.1, 0.15) is 24.8 Å². The van der Waals surface area contributed by atoms with Gasteiger partial charge in [0.2, 0.25) is 5.91 Å². The lowest BCUT2D eigenvalue weighted by molar-refractivity contribution is -0.133. The quantitative estimate of drug-likeness (QED) is 0.770. The Labute approximate surface area is 95.4 Å². The first-order chi connectivity index (χ1) is 7.83. The summed E-state index contributed by atoms with van der Waals surface area (Å²) in [6.45, 7) is 1.89. The average molecular weight is 216 g/mol. The Kier molecular flexibility index (Phi) is 2.21. The zero-order valence-corrected chi connectivity index (χ0v) is 9.28. The second kappa shape index (κ2) is 3.59. The normalized spacial score (nSPS) is 29.2. The number of benzene rings is 1. The highest BCUT2D eigenvalue weighted by molar-refractivity contribution is 5.80. The van der Waals surface area contributed by atoms with E-state index in [1.807, 2.05) is 23.1 Å². The van der Waals surface area contributed by atoms with Crippen LogP contribution in [0, 0.1) is 0 Å². The summed E-state index contributed by atoms with van der Waals surface area (Å²) in [4.78, 5) is 13.9. The number of carbonyl (C=O) groups excluding carboxylic acids is 1. The highest BCUT2D eigenvalue weighted by Crippen LogP contribution is 2.38. The van der Waals surface area contributed by atoms with Crippen LogP contribution >= 0.6 is 0 Å². The molecule has 1 aromatic carbocycles. The third-order valence-corrected chi connectivity index (χ3v) is 3.69. The molecule has 2 aliphatic rings. The van der Waals surface area contributed by atoms with E-state index in [-0.39, 0.29) is 11.6 Å². The van der Waals surface area contributed by atoms with Gasteiger partial charge in [0.25, 0.3) is 0 Å². The molecule has 3 nitrogen and oxygen atoms in total. The van der Waals surface area contributed by atoms with Crippen LogP contribution < -0.4 is 5.32 Å². The van der Waals surface area contributed by atoms with E-state index >= 15 is 0 Å². The van der Waals surface area contributed by atoms with Crippen LogP contribution in [-0.2, 0) is 10.5 Å². The Bertz CT molecular complexity index is 404. The van der Waals surface area contributed by atoms with E-state index in [2.05, 4.69) is 17.4 Å². The lowest BCUT2D eigenvalue weighted by Crippen LogP contribution is -2.58. The van der Waals surface area contributed by atoms with Crippen molar-refractivity contribution in [2.75, 3.05) is 13.1 Å². The van der Waals surface area contributed by atoms with Crippen LogP contribution in [0.5, 0.6) is 0 Å². The minimum absolute atomic E-state index is 0.212. The molecule has 2 aliphatic heterocycles. The van der Waals surface area contributed by atoms with Crippen LogP contribution in [0.25, 0.3) is 0 Å². The second-order valence-electron chi connectivity index (χ2n) is 4.55. The van der Waals surface area contributed by atoms with E-state index in [0.29, 0.717) is 6.42 Å². The molecule has 16 heavy (non-hydrogen) atoms. The fourth-order valence-electron chi connectivity index (χ4n) is 2.92. The molecule has 0 bridgehead atoms. The minimum atomic E-state index is -0.212. The Morgan fingerprint density at radius 1 is 1.25 bits per heavy atom. The van der Waals surface area contributed by atoms with Crippen molar-refractivity contribution in [1.82, 2.24) is 10.2 Å². The summed E-state index contributed by atoms with van der Waals surface area (Å²) in [5, 5.41) is 3.55. The molecule has 1 N–H and O–H groups in total. The van der Waals surface area contributed by atoms with E-state index in [1.54, 1.807) is 0 Å². The first-order valence-corrected chi connectivity index (χ1v) is 5.94. The van der Waals surface area contributed by atoms with Gasteiger partial charge in [0.15, 0.2) is 0 Å². The largest absolute Gasteiger partial charge is 0.320 e. The molecule has 2 saturated heterocycles. The maximum atomic E-state index is 11.9. The number of amides is 1. The predicted molar refractivity (Wildman–Crippen MR) is 61.7 cm³/mol. The lowest BCUT2D eigenvalue weighted by atomic mass is 9.94. The lowest BCUT2D eigenvalue weighted by Gasteiger charge is -2.43. The van der Waals surface area contributed by atoms with Crippen molar-refractivity contribution in [3.63, 3.8) is 0 Å². The number of hydrogen-bond acceptors (Lipinski definition) is 2. The molecule has 3 heteroatoms. The van der Waals surface area contributed by atoms with E-state index in [1.165, 1.54) is 5.56 Å². The standard InChI is InChI=1S/C13H16N2O/c16-12-7-8-13(11-5-2-1-3-6-11)14-9-4-10-15(12)13/h1-3,5-6,14H,4,7-10H2/t13-/m1/s1. The highest BCUT2D eigenvalue weighted by atomic mass is 16.2. The van der Waals surface area contributed by atoms with Crippen LogP contribution in [0.4, 0.5) is 0 Å². The maximum Gasteiger partial charge on any atom is 0.224 e. The van der Waals surface area contributed by atoms with Gasteiger partial charge in [-0.05, 0) is 24.9 Å². The van der Waals surface area contributed by atoms with E-state index < -0.39 is 0 Å². The molecule has 0 radical (unpaired) electrons. The summed E-state index contributed by atoms with van der Waals surface area (Å²) < 4.78 is 0. The molecule has 1 atom stereocenters. The number of rotatable bonds is 1. The molecule has 0 spiro atoms. The Hall–Kier alpha value is -1.35. The van der Waals surface area contributed by atoms with Crippen molar-refractivity contribution in [3.05, 3.63) is 35.9 Å². The van der Waals surface area contributed by atoms with Crippen molar-refractivity contribution in [2.45, 2.75) is 24.9 Å². The van der Waals surface area contributed by atoms with Crippen molar-refractivity contribution >= 4 is 5.91 Å². The van der Waals surface area contributed by atoms with Crippen molar-refractivity contribution in [3.8, 4) is 0 Å². The summed E-state index contributed by atoms with van der Waals surface area (Å²) >= 11 is 0. The number of carbonyl (C=O) groups is 1. The molecular formula is C13H16N2O. The van der Waals surface area contributed by atoms with Gasteiger partial charge in [-0.25, -0.2) is 0 Å². The van der Waals surface area contributed by atoms with Gasteiger partial charge < -0.3 is 4.90 Å². The molecule has 1 amide bonds. The van der Waals surface area contributed by atoms with Gasteiger partial charge in [0, 0.05) is 13.0 Å². The number of nitrogens with zero attached hydrogens (tertiary/aromatic N) is 1. The number of hydrogen-bond donors (Lipinski definition) is 1. The average Bonchev–Trinajstić information content (AvgIpc) is 2.70. The molecular weight excluding hydrogens is 200 g/mol.